The van der Waals surface area contributed by atoms with Crippen LogP contribution in [0.2, 0.25) is 0 Å². The van der Waals surface area contributed by atoms with Crippen molar-refractivity contribution in [2.75, 3.05) is 18.5 Å². The normalized spacial score (nSPS) is 14.3. The Balaban J connectivity index is 2.30. The van der Waals surface area contributed by atoms with Crippen LogP contribution in [0, 0.1) is 12.7 Å². The average Bonchev–Trinajstić information content (AvgIpc) is 2.48. The van der Waals surface area contributed by atoms with E-state index in [9.17, 15) is 4.39 Å². The molecule has 4 heteroatoms. The van der Waals surface area contributed by atoms with Gasteiger partial charge in [0, 0.05) is 18.5 Å². The largest absolute Gasteiger partial charge is 0.384 e. The lowest BCUT2D eigenvalue weighted by molar-refractivity contribution is 0.110. The summed E-state index contributed by atoms with van der Waals surface area (Å²) in [5, 5.41) is 3.97. The van der Waals surface area contributed by atoms with Gasteiger partial charge in [-0.05, 0) is 25.0 Å². The van der Waals surface area contributed by atoms with E-state index in [1.54, 1.807) is 6.07 Å². The van der Waals surface area contributed by atoms with Gasteiger partial charge >= 0.3 is 0 Å². The lowest BCUT2D eigenvalue weighted by atomic mass is 10.0. The van der Waals surface area contributed by atoms with Crippen molar-refractivity contribution in [1.82, 2.24) is 4.98 Å². The van der Waals surface area contributed by atoms with Crippen LogP contribution >= 0.6 is 0 Å². The first kappa shape index (κ1) is 13.3. The van der Waals surface area contributed by atoms with Gasteiger partial charge in [-0.15, -0.1) is 0 Å². The van der Waals surface area contributed by atoms with Gasteiger partial charge in [0.25, 0.3) is 0 Å². The Bertz CT molecular complexity index is 655. The fraction of sp³-hybridized carbons (Fsp3) is 0.438. The number of hydrogen-bond acceptors (Lipinski definition) is 3. The van der Waals surface area contributed by atoms with Crippen LogP contribution in [0.5, 0.6) is 0 Å². The van der Waals surface area contributed by atoms with Crippen LogP contribution in [-0.4, -0.2) is 18.1 Å². The molecule has 0 fully saturated rings. The summed E-state index contributed by atoms with van der Waals surface area (Å²) in [6.45, 7) is 6.09. The molecule has 1 aromatic heterocycles. The lowest BCUT2D eigenvalue weighted by Crippen LogP contribution is -2.16. The van der Waals surface area contributed by atoms with Crippen molar-refractivity contribution in [2.45, 2.75) is 33.3 Å². The number of hydrogen-bond donors (Lipinski definition) is 1. The Hall–Kier alpha value is -1.68. The van der Waals surface area contributed by atoms with Gasteiger partial charge in [-0.25, -0.2) is 4.39 Å². The van der Waals surface area contributed by atoms with E-state index in [4.69, 9.17) is 4.74 Å². The molecule has 0 saturated carbocycles. The second-order valence-electron chi connectivity index (χ2n) is 5.23. The molecule has 0 atom stereocenters. The zero-order valence-electron chi connectivity index (χ0n) is 11.9. The van der Waals surface area contributed by atoms with Crippen molar-refractivity contribution in [3.63, 3.8) is 0 Å². The van der Waals surface area contributed by atoms with E-state index in [0.717, 1.165) is 47.4 Å². The number of ether oxygens (including phenoxy) is 1. The van der Waals surface area contributed by atoms with Crippen LogP contribution in [-0.2, 0) is 17.8 Å². The molecule has 2 heterocycles. The number of nitrogens with one attached hydrogen (secondary N) is 1. The van der Waals surface area contributed by atoms with Gasteiger partial charge in [0.15, 0.2) is 0 Å². The molecule has 0 amide bonds. The molecule has 1 aromatic carbocycles. The molecule has 20 heavy (non-hydrogen) atoms. The van der Waals surface area contributed by atoms with Gasteiger partial charge < -0.3 is 10.1 Å². The Morgan fingerprint density at radius 2 is 2.25 bits per heavy atom. The number of nitrogens with zero attached hydrogens (tertiary/aromatic N) is 1. The third-order valence-corrected chi connectivity index (χ3v) is 3.76. The fourth-order valence-corrected chi connectivity index (χ4v) is 2.70. The Morgan fingerprint density at radius 1 is 1.40 bits per heavy atom. The van der Waals surface area contributed by atoms with Crippen LogP contribution < -0.4 is 5.32 Å². The molecule has 0 spiro atoms. The van der Waals surface area contributed by atoms with Crippen molar-refractivity contribution in [1.29, 1.82) is 0 Å². The molecule has 1 aliphatic rings. The van der Waals surface area contributed by atoms with E-state index in [1.807, 2.05) is 6.92 Å². The van der Waals surface area contributed by atoms with Crippen LogP contribution in [0.25, 0.3) is 10.9 Å². The smallest absolute Gasteiger partial charge is 0.134 e. The number of halogens is 1. The molecule has 3 rings (SSSR count). The molecule has 0 radical (unpaired) electrons. The zero-order chi connectivity index (χ0) is 14.1. The maximum absolute atomic E-state index is 14.3. The summed E-state index contributed by atoms with van der Waals surface area (Å²) in [7, 11) is 0. The van der Waals surface area contributed by atoms with E-state index < -0.39 is 0 Å². The first-order valence-electron chi connectivity index (χ1n) is 7.14. The van der Waals surface area contributed by atoms with E-state index in [1.165, 1.54) is 6.07 Å². The van der Waals surface area contributed by atoms with Gasteiger partial charge in [0.05, 0.1) is 35.5 Å². The fourth-order valence-electron chi connectivity index (χ4n) is 2.70. The minimum absolute atomic E-state index is 0.218. The molecule has 2 aromatic rings. The summed E-state index contributed by atoms with van der Waals surface area (Å²) in [4.78, 5) is 4.68. The Morgan fingerprint density at radius 3 is 3.05 bits per heavy atom. The second kappa shape index (κ2) is 5.37. The number of anilines is 1. The van der Waals surface area contributed by atoms with Crippen LogP contribution in [0.3, 0.4) is 0 Å². The maximum Gasteiger partial charge on any atom is 0.134 e. The topological polar surface area (TPSA) is 34.2 Å². The average molecular weight is 274 g/mol. The SMILES string of the molecule is CCCNc1c2c(nc3c(C)ccc(F)c13)CCOC2. The summed E-state index contributed by atoms with van der Waals surface area (Å²) in [5.74, 6) is -0.218. The van der Waals surface area contributed by atoms with Gasteiger partial charge in [0.2, 0.25) is 0 Å². The van der Waals surface area contributed by atoms with Crippen molar-refractivity contribution in [3.05, 3.63) is 34.8 Å². The minimum Gasteiger partial charge on any atom is -0.384 e. The monoisotopic (exact) mass is 274 g/mol. The molecule has 0 unspecified atom stereocenters. The van der Waals surface area contributed by atoms with Crippen LogP contribution in [0.15, 0.2) is 12.1 Å². The number of aryl methyl sites for hydroxylation is 1. The summed E-state index contributed by atoms with van der Waals surface area (Å²) in [6, 6.07) is 3.31. The van der Waals surface area contributed by atoms with Gasteiger partial charge in [-0.2, -0.15) is 0 Å². The second-order valence-corrected chi connectivity index (χ2v) is 5.23. The summed E-state index contributed by atoms with van der Waals surface area (Å²) in [5.41, 5.74) is 4.70. The molecule has 106 valence electrons. The summed E-state index contributed by atoms with van der Waals surface area (Å²) >= 11 is 0. The lowest BCUT2D eigenvalue weighted by Gasteiger charge is -2.22. The van der Waals surface area contributed by atoms with Gasteiger partial charge in [0.1, 0.15) is 5.82 Å². The van der Waals surface area contributed by atoms with E-state index in [-0.39, 0.29) is 5.82 Å². The van der Waals surface area contributed by atoms with Crippen molar-refractivity contribution in [2.24, 2.45) is 0 Å². The highest BCUT2D eigenvalue weighted by Crippen LogP contribution is 2.34. The van der Waals surface area contributed by atoms with E-state index in [2.05, 4.69) is 17.2 Å². The van der Waals surface area contributed by atoms with Crippen molar-refractivity contribution in [3.8, 4) is 0 Å². The number of aromatic nitrogens is 1. The Kier molecular flexibility index (Phi) is 3.57. The van der Waals surface area contributed by atoms with Crippen LogP contribution in [0.1, 0.15) is 30.2 Å². The first-order valence-corrected chi connectivity index (χ1v) is 7.14. The van der Waals surface area contributed by atoms with Crippen LogP contribution in [0.4, 0.5) is 10.1 Å². The third kappa shape index (κ3) is 2.14. The highest BCUT2D eigenvalue weighted by atomic mass is 19.1. The number of rotatable bonds is 3. The molecule has 0 bridgehead atoms. The maximum atomic E-state index is 14.3. The number of fused-ring (bicyclic) bond motifs is 2. The highest BCUT2D eigenvalue weighted by Gasteiger charge is 2.21. The summed E-state index contributed by atoms with van der Waals surface area (Å²) < 4.78 is 19.8. The molecular formula is C16H19FN2O. The molecule has 0 aliphatic carbocycles. The van der Waals surface area contributed by atoms with E-state index in [0.29, 0.717) is 18.6 Å². The standard InChI is InChI=1S/C16H19FN2O/c1-3-7-18-16-11-9-20-8-6-13(11)19-15-10(2)4-5-12(17)14(15)16/h4-5H,3,6-9H2,1-2H3,(H,18,19). The third-order valence-electron chi connectivity index (χ3n) is 3.76. The zero-order valence-corrected chi connectivity index (χ0v) is 11.9. The molecule has 1 aliphatic heterocycles. The predicted octanol–water partition coefficient (Wildman–Crippen LogP) is 3.58. The van der Waals surface area contributed by atoms with Crippen molar-refractivity contribution < 1.29 is 9.13 Å². The quantitative estimate of drug-likeness (QED) is 0.929. The minimum atomic E-state index is -0.218. The molecule has 0 saturated heterocycles. The number of pyridine rings is 1. The molecule has 1 N–H and O–H groups in total. The number of benzene rings is 1. The summed E-state index contributed by atoms with van der Waals surface area (Å²) in [6.07, 6.45) is 1.79. The van der Waals surface area contributed by atoms with Gasteiger partial charge in [-0.3, -0.25) is 4.98 Å². The molecule has 3 nitrogen and oxygen atoms in total. The molecular weight excluding hydrogens is 255 g/mol. The highest BCUT2D eigenvalue weighted by molar-refractivity contribution is 5.95. The van der Waals surface area contributed by atoms with Crippen molar-refractivity contribution >= 4 is 16.6 Å². The Labute approximate surface area is 118 Å². The predicted molar refractivity (Wildman–Crippen MR) is 78.6 cm³/mol. The van der Waals surface area contributed by atoms with Gasteiger partial charge in [-0.1, -0.05) is 13.0 Å². The first-order chi connectivity index (χ1) is 9.72. The van der Waals surface area contributed by atoms with E-state index >= 15 is 0 Å².